The van der Waals surface area contributed by atoms with E-state index in [4.69, 9.17) is 9.47 Å². The molecule has 0 amide bonds. The fourth-order valence-electron chi connectivity index (χ4n) is 7.52. The van der Waals surface area contributed by atoms with Gasteiger partial charge in [-0.2, -0.15) is 0 Å². The number of hydrogen-bond donors (Lipinski definition) is 0. The summed E-state index contributed by atoms with van der Waals surface area (Å²) in [6.45, 7) is 6.52. The van der Waals surface area contributed by atoms with E-state index < -0.39 is 5.97 Å². The number of carbonyl (C=O) groups excluding carboxylic acids is 3. The highest BCUT2D eigenvalue weighted by Crippen LogP contribution is 2.63. The van der Waals surface area contributed by atoms with Crippen molar-refractivity contribution in [2.24, 2.45) is 40.9 Å². The second kappa shape index (κ2) is 9.69. The Morgan fingerprint density at radius 2 is 1.91 bits per heavy atom. The Morgan fingerprint density at radius 1 is 1.09 bits per heavy atom. The molecule has 6 atom stereocenters. The maximum Gasteiger partial charge on any atom is 0.344 e. The zero-order chi connectivity index (χ0) is 22.9. The van der Waals surface area contributed by atoms with Crippen molar-refractivity contribution < 1.29 is 23.9 Å². The van der Waals surface area contributed by atoms with Gasteiger partial charge in [-0.05, 0) is 98.4 Å². The van der Waals surface area contributed by atoms with Crippen molar-refractivity contribution in [1.82, 2.24) is 0 Å². The minimum atomic E-state index is -0.442. The molecule has 0 aliphatic heterocycles. The molecule has 4 aliphatic carbocycles. The monoisotopic (exact) mass is 444 g/mol. The molecule has 5 nitrogen and oxygen atoms in total. The molecule has 0 unspecified atom stereocenters. The van der Waals surface area contributed by atoms with Crippen molar-refractivity contribution in [3.8, 4) is 0 Å². The van der Waals surface area contributed by atoms with Crippen molar-refractivity contribution >= 4 is 17.7 Å². The summed E-state index contributed by atoms with van der Waals surface area (Å²) in [5.41, 5.74) is 1.86. The van der Waals surface area contributed by atoms with Crippen molar-refractivity contribution in [1.29, 1.82) is 0 Å². The van der Waals surface area contributed by atoms with Gasteiger partial charge in [0.25, 0.3) is 0 Å². The number of ether oxygens (including phenoxy) is 2. The van der Waals surface area contributed by atoms with Crippen molar-refractivity contribution in [3.05, 3.63) is 11.6 Å². The van der Waals surface area contributed by atoms with Crippen LogP contribution in [0.2, 0.25) is 0 Å². The molecule has 3 saturated carbocycles. The zero-order valence-electron chi connectivity index (χ0n) is 20.1. The van der Waals surface area contributed by atoms with Crippen LogP contribution in [0, 0.1) is 40.9 Å². The highest BCUT2D eigenvalue weighted by molar-refractivity contribution is 5.91. The maximum absolute atomic E-state index is 11.9. The Morgan fingerprint density at radius 3 is 2.69 bits per heavy atom. The highest BCUT2D eigenvalue weighted by atomic mass is 16.6. The first-order valence-corrected chi connectivity index (χ1v) is 12.8. The standard InChI is InChI=1S/C27H40O5/c1-17(2)12-25(29)32-16-26(30)31-11-9-18-13-24-23-6-4-19-14-20(28)5-7-21(19)22(23)8-10-27(24,3)15-18/h14,17-18,21-24H,4-13,15-16H2,1-3H3/t18-,21-,22+,23+,24-,27+/m0/s1. The van der Waals surface area contributed by atoms with Crippen LogP contribution >= 0.6 is 0 Å². The van der Waals surface area contributed by atoms with Gasteiger partial charge in [0.1, 0.15) is 0 Å². The number of allylic oxidation sites excluding steroid dienone is 1. The summed E-state index contributed by atoms with van der Waals surface area (Å²) >= 11 is 0. The van der Waals surface area contributed by atoms with Gasteiger partial charge in [0, 0.05) is 12.8 Å². The molecule has 0 N–H and O–H groups in total. The van der Waals surface area contributed by atoms with Gasteiger partial charge in [-0.15, -0.1) is 0 Å². The Kier molecular flexibility index (Phi) is 7.11. The molecule has 178 valence electrons. The van der Waals surface area contributed by atoms with E-state index in [-0.39, 0.29) is 18.5 Å². The lowest BCUT2D eigenvalue weighted by molar-refractivity contribution is -0.159. The Bertz CT molecular complexity index is 768. The fourth-order valence-corrected chi connectivity index (χ4v) is 7.52. The summed E-state index contributed by atoms with van der Waals surface area (Å²) in [6.07, 6.45) is 12.4. The van der Waals surface area contributed by atoms with Gasteiger partial charge >= 0.3 is 11.9 Å². The van der Waals surface area contributed by atoms with Crippen LogP contribution in [0.25, 0.3) is 0 Å². The van der Waals surface area contributed by atoms with Crippen molar-refractivity contribution in [2.75, 3.05) is 13.2 Å². The smallest absolute Gasteiger partial charge is 0.344 e. The van der Waals surface area contributed by atoms with Gasteiger partial charge in [-0.25, -0.2) is 4.79 Å². The Hall–Kier alpha value is -1.65. The molecule has 5 heteroatoms. The first-order valence-electron chi connectivity index (χ1n) is 12.8. The molecule has 4 aliphatic rings. The predicted molar refractivity (Wildman–Crippen MR) is 122 cm³/mol. The van der Waals surface area contributed by atoms with Gasteiger partial charge in [0.2, 0.25) is 0 Å². The average molecular weight is 445 g/mol. The number of rotatable bonds is 7. The van der Waals surface area contributed by atoms with Gasteiger partial charge in [0.15, 0.2) is 12.4 Å². The summed E-state index contributed by atoms with van der Waals surface area (Å²) in [7, 11) is 0. The molecule has 3 fully saturated rings. The third-order valence-corrected chi connectivity index (χ3v) is 8.88. The summed E-state index contributed by atoms with van der Waals surface area (Å²) in [5.74, 6) is 3.33. The number of hydrogen-bond acceptors (Lipinski definition) is 5. The van der Waals surface area contributed by atoms with Crippen LogP contribution in [-0.2, 0) is 23.9 Å². The van der Waals surface area contributed by atoms with E-state index in [1.165, 1.54) is 37.7 Å². The minimum absolute atomic E-state index is 0.220. The molecule has 0 bridgehead atoms. The molecule has 32 heavy (non-hydrogen) atoms. The van der Waals surface area contributed by atoms with E-state index in [2.05, 4.69) is 6.92 Å². The average Bonchev–Trinajstić information content (AvgIpc) is 3.08. The Balaban J connectivity index is 1.25. The summed E-state index contributed by atoms with van der Waals surface area (Å²) in [4.78, 5) is 35.4. The summed E-state index contributed by atoms with van der Waals surface area (Å²) < 4.78 is 10.4. The lowest BCUT2D eigenvalue weighted by Gasteiger charge is -2.52. The van der Waals surface area contributed by atoms with Crippen molar-refractivity contribution in [3.63, 3.8) is 0 Å². The van der Waals surface area contributed by atoms with Crippen LogP contribution in [0.4, 0.5) is 0 Å². The first-order chi connectivity index (χ1) is 15.2. The van der Waals surface area contributed by atoms with E-state index in [9.17, 15) is 14.4 Å². The fraction of sp³-hybridized carbons (Fsp3) is 0.815. The summed E-state index contributed by atoms with van der Waals surface area (Å²) in [6, 6.07) is 0. The zero-order valence-corrected chi connectivity index (χ0v) is 20.1. The third-order valence-electron chi connectivity index (χ3n) is 8.88. The third kappa shape index (κ3) is 5.12. The number of fused-ring (bicyclic) bond motifs is 5. The van der Waals surface area contributed by atoms with Crippen LogP contribution in [0.5, 0.6) is 0 Å². The number of esters is 2. The lowest BCUT2D eigenvalue weighted by atomic mass is 9.52. The van der Waals surface area contributed by atoms with Crippen LogP contribution in [0.1, 0.15) is 85.0 Å². The van der Waals surface area contributed by atoms with Crippen LogP contribution in [0.15, 0.2) is 11.6 Å². The van der Waals surface area contributed by atoms with Gasteiger partial charge < -0.3 is 9.47 Å². The minimum Gasteiger partial charge on any atom is -0.463 e. The predicted octanol–water partition coefficient (Wildman–Crippen LogP) is 5.27. The van der Waals surface area contributed by atoms with Crippen LogP contribution in [-0.4, -0.2) is 30.9 Å². The molecule has 4 rings (SSSR count). The Labute approximate surface area is 192 Å². The molecule has 0 spiro atoms. The maximum atomic E-state index is 11.9. The second-order valence-corrected chi connectivity index (χ2v) is 11.6. The van der Waals surface area contributed by atoms with E-state index >= 15 is 0 Å². The van der Waals surface area contributed by atoms with E-state index in [1.807, 2.05) is 19.9 Å². The second-order valence-electron chi connectivity index (χ2n) is 11.6. The molecule has 0 heterocycles. The summed E-state index contributed by atoms with van der Waals surface area (Å²) in [5, 5.41) is 0. The van der Waals surface area contributed by atoms with Crippen LogP contribution < -0.4 is 0 Å². The van der Waals surface area contributed by atoms with Gasteiger partial charge in [0.05, 0.1) is 6.61 Å². The molecular formula is C27H40O5. The SMILES string of the molecule is CC(C)CC(=O)OCC(=O)OCC[C@H]1C[C@H]2[C@@H]3CCC4=CC(=O)CC[C@@H]4[C@H]3CC[C@]2(C)C1. The number of ketones is 1. The van der Waals surface area contributed by atoms with Gasteiger partial charge in [-0.1, -0.05) is 26.3 Å². The first kappa shape index (κ1) is 23.5. The largest absolute Gasteiger partial charge is 0.463 e. The molecular weight excluding hydrogens is 404 g/mol. The molecule has 0 aromatic carbocycles. The topological polar surface area (TPSA) is 69.7 Å². The molecule has 0 radical (unpaired) electrons. The van der Waals surface area contributed by atoms with Crippen LogP contribution in [0.3, 0.4) is 0 Å². The normalized spacial score (nSPS) is 36.1. The lowest BCUT2D eigenvalue weighted by Crippen LogP contribution is -2.44. The highest BCUT2D eigenvalue weighted by Gasteiger charge is 2.54. The molecule has 0 saturated heterocycles. The van der Waals surface area contributed by atoms with E-state index in [1.54, 1.807) is 0 Å². The van der Waals surface area contributed by atoms with E-state index in [0.717, 1.165) is 43.4 Å². The van der Waals surface area contributed by atoms with Gasteiger partial charge in [-0.3, -0.25) is 9.59 Å². The quantitative estimate of drug-likeness (QED) is 0.501. The molecule has 0 aromatic rings. The van der Waals surface area contributed by atoms with E-state index in [0.29, 0.717) is 36.1 Å². The molecule has 0 aromatic heterocycles. The number of carbonyl (C=O) groups is 3. The van der Waals surface area contributed by atoms with Crippen molar-refractivity contribution in [2.45, 2.75) is 85.0 Å².